The van der Waals surface area contributed by atoms with Gasteiger partial charge in [0.05, 0.1) is 0 Å². The molecule has 0 saturated carbocycles. The van der Waals surface area contributed by atoms with Crippen molar-refractivity contribution in [2.24, 2.45) is 0 Å². The number of hydrogen-bond donors (Lipinski definition) is 2. The number of rotatable bonds is 2. The number of carboxylic acids is 1. The van der Waals surface area contributed by atoms with Crippen molar-refractivity contribution in [2.75, 3.05) is 0 Å². The van der Waals surface area contributed by atoms with E-state index in [4.69, 9.17) is 5.11 Å². The van der Waals surface area contributed by atoms with Gasteiger partial charge in [-0.25, -0.2) is 9.78 Å². The molecule has 0 aliphatic carbocycles. The van der Waals surface area contributed by atoms with Crippen LogP contribution in [-0.2, 0) is 0 Å². The van der Waals surface area contributed by atoms with Crippen molar-refractivity contribution in [1.29, 1.82) is 0 Å². The maximum absolute atomic E-state index is 10.5. The lowest BCUT2D eigenvalue weighted by molar-refractivity contribution is 0.0690. The van der Waals surface area contributed by atoms with Gasteiger partial charge in [0.2, 0.25) is 5.82 Å². The third-order valence-corrected chi connectivity index (χ3v) is 1.59. The van der Waals surface area contributed by atoms with Crippen LogP contribution < -0.4 is 0 Å². The molecule has 0 spiro atoms. The van der Waals surface area contributed by atoms with Gasteiger partial charge in [-0.2, -0.15) is 5.21 Å². The highest BCUT2D eigenvalue weighted by Gasteiger charge is 2.06. The Hall–Kier alpha value is -2.31. The van der Waals surface area contributed by atoms with E-state index in [2.05, 4.69) is 25.6 Å². The summed E-state index contributed by atoms with van der Waals surface area (Å²) in [6.07, 6.45) is 1.38. The fourth-order valence-electron chi connectivity index (χ4n) is 0.937. The van der Waals surface area contributed by atoms with E-state index < -0.39 is 5.97 Å². The van der Waals surface area contributed by atoms with Crippen molar-refractivity contribution in [3.05, 3.63) is 24.0 Å². The average Bonchev–Trinajstić information content (AvgIpc) is 2.71. The van der Waals surface area contributed by atoms with Gasteiger partial charge in [0.1, 0.15) is 5.69 Å². The lowest BCUT2D eigenvalue weighted by Crippen LogP contribution is -1.99. The molecular formula is C7H5N5O2. The normalized spacial score (nSPS) is 10.0. The van der Waals surface area contributed by atoms with Crippen molar-refractivity contribution in [3.8, 4) is 11.4 Å². The van der Waals surface area contributed by atoms with E-state index in [0.29, 0.717) is 11.4 Å². The van der Waals surface area contributed by atoms with Crippen LogP contribution in [0.1, 0.15) is 10.5 Å². The predicted molar refractivity (Wildman–Crippen MR) is 44.4 cm³/mol. The molecule has 2 heterocycles. The van der Waals surface area contributed by atoms with Crippen molar-refractivity contribution in [1.82, 2.24) is 25.6 Å². The number of aromatic nitrogens is 5. The second-order valence-corrected chi connectivity index (χ2v) is 2.47. The fraction of sp³-hybridized carbons (Fsp3) is 0. The van der Waals surface area contributed by atoms with E-state index in [0.717, 1.165) is 0 Å². The molecule has 0 aliphatic rings. The van der Waals surface area contributed by atoms with Gasteiger partial charge >= 0.3 is 5.97 Å². The minimum atomic E-state index is -1.07. The predicted octanol–water partition coefficient (Wildman–Crippen LogP) is -0.0401. The molecule has 14 heavy (non-hydrogen) atoms. The van der Waals surface area contributed by atoms with E-state index in [1.165, 1.54) is 12.3 Å². The number of aromatic carboxylic acids is 1. The van der Waals surface area contributed by atoms with Crippen LogP contribution in [0.2, 0.25) is 0 Å². The molecular weight excluding hydrogens is 186 g/mol. The minimum Gasteiger partial charge on any atom is -0.477 e. The monoisotopic (exact) mass is 191 g/mol. The molecule has 2 aromatic heterocycles. The first-order valence-electron chi connectivity index (χ1n) is 3.70. The Bertz CT molecular complexity index is 436. The largest absolute Gasteiger partial charge is 0.477 e. The number of H-pyrrole nitrogens is 1. The van der Waals surface area contributed by atoms with Gasteiger partial charge in [-0.1, -0.05) is 0 Å². The van der Waals surface area contributed by atoms with Crippen LogP contribution >= 0.6 is 0 Å². The molecule has 0 bridgehead atoms. The van der Waals surface area contributed by atoms with Gasteiger partial charge in [-0.05, 0) is 17.3 Å². The molecule has 2 N–H and O–H groups in total. The summed E-state index contributed by atoms with van der Waals surface area (Å²) in [6, 6.07) is 2.95. The molecule has 0 saturated heterocycles. The van der Waals surface area contributed by atoms with Crippen LogP contribution in [0.25, 0.3) is 11.4 Å². The summed E-state index contributed by atoms with van der Waals surface area (Å²) in [5, 5.41) is 21.7. The van der Waals surface area contributed by atoms with Gasteiger partial charge in [0.25, 0.3) is 0 Å². The third kappa shape index (κ3) is 1.42. The highest BCUT2D eigenvalue weighted by Crippen LogP contribution is 2.11. The molecule has 2 aromatic rings. The van der Waals surface area contributed by atoms with Gasteiger partial charge in [-0.15, -0.1) is 10.2 Å². The minimum absolute atomic E-state index is 0.0164. The Balaban J connectivity index is 2.36. The standard InChI is InChI=1S/C7H5N5O2/c13-7(14)5-2-1-4(3-8-5)6-9-11-12-10-6/h1-3H,(H,13,14)(H,9,10,11,12). The van der Waals surface area contributed by atoms with Crippen molar-refractivity contribution < 1.29 is 9.90 Å². The summed E-state index contributed by atoms with van der Waals surface area (Å²) in [5.41, 5.74) is 0.598. The number of pyridine rings is 1. The summed E-state index contributed by atoms with van der Waals surface area (Å²) < 4.78 is 0. The summed E-state index contributed by atoms with van der Waals surface area (Å²) in [5.74, 6) is -0.681. The van der Waals surface area contributed by atoms with Crippen LogP contribution in [0.5, 0.6) is 0 Å². The zero-order chi connectivity index (χ0) is 9.97. The zero-order valence-corrected chi connectivity index (χ0v) is 6.88. The molecule has 0 aromatic carbocycles. The average molecular weight is 191 g/mol. The first kappa shape index (κ1) is 8.30. The highest BCUT2D eigenvalue weighted by molar-refractivity contribution is 5.85. The number of hydrogen-bond acceptors (Lipinski definition) is 5. The maximum Gasteiger partial charge on any atom is 0.354 e. The fourth-order valence-corrected chi connectivity index (χ4v) is 0.937. The number of nitrogens with one attached hydrogen (secondary N) is 1. The number of tetrazole rings is 1. The molecule has 2 rings (SSSR count). The van der Waals surface area contributed by atoms with E-state index >= 15 is 0 Å². The van der Waals surface area contributed by atoms with Crippen molar-refractivity contribution >= 4 is 5.97 Å². The Morgan fingerprint density at radius 1 is 1.43 bits per heavy atom. The Labute approximate surface area is 77.8 Å². The Morgan fingerprint density at radius 3 is 2.79 bits per heavy atom. The molecule has 7 heteroatoms. The number of aromatic amines is 1. The summed E-state index contributed by atoms with van der Waals surface area (Å²) in [4.78, 5) is 14.2. The number of nitrogens with zero attached hydrogens (tertiary/aromatic N) is 4. The zero-order valence-electron chi connectivity index (χ0n) is 6.88. The van der Waals surface area contributed by atoms with E-state index in [9.17, 15) is 4.79 Å². The molecule has 7 nitrogen and oxygen atoms in total. The summed E-state index contributed by atoms with van der Waals surface area (Å²) >= 11 is 0. The lowest BCUT2D eigenvalue weighted by atomic mass is 10.2. The van der Waals surface area contributed by atoms with E-state index in [1.807, 2.05) is 0 Å². The van der Waals surface area contributed by atoms with Crippen LogP contribution in [0.15, 0.2) is 18.3 Å². The summed E-state index contributed by atoms with van der Waals surface area (Å²) in [7, 11) is 0. The van der Waals surface area contributed by atoms with Gasteiger partial charge in [-0.3, -0.25) is 0 Å². The Kier molecular flexibility index (Phi) is 1.90. The molecule has 0 unspecified atom stereocenters. The number of carbonyl (C=O) groups is 1. The first-order chi connectivity index (χ1) is 6.77. The van der Waals surface area contributed by atoms with Crippen molar-refractivity contribution in [3.63, 3.8) is 0 Å². The van der Waals surface area contributed by atoms with Crippen LogP contribution in [0.3, 0.4) is 0 Å². The SMILES string of the molecule is O=C(O)c1ccc(-c2nn[nH]n2)cn1. The maximum atomic E-state index is 10.5. The summed E-state index contributed by atoms with van der Waals surface area (Å²) in [6.45, 7) is 0. The molecule has 0 amide bonds. The first-order valence-corrected chi connectivity index (χ1v) is 3.70. The van der Waals surface area contributed by atoms with Gasteiger partial charge < -0.3 is 5.11 Å². The molecule has 0 aliphatic heterocycles. The molecule has 70 valence electrons. The van der Waals surface area contributed by atoms with Crippen LogP contribution in [0.4, 0.5) is 0 Å². The van der Waals surface area contributed by atoms with Crippen molar-refractivity contribution in [2.45, 2.75) is 0 Å². The molecule has 0 radical (unpaired) electrons. The van der Waals surface area contributed by atoms with E-state index in [-0.39, 0.29) is 5.69 Å². The van der Waals surface area contributed by atoms with Crippen LogP contribution in [-0.4, -0.2) is 36.7 Å². The molecule has 0 atom stereocenters. The Morgan fingerprint density at radius 2 is 2.29 bits per heavy atom. The van der Waals surface area contributed by atoms with Gasteiger partial charge in [0.15, 0.2) is 0 Å². The highest BCUT2D eigenvalue weighted by atomic mass is 16.4. The lowest BCUT2D eigenvalue weighted by Gasteiger charge is -1.94. The third-order valence-electron chi connectivity index (χ3n) is 1.59. The topological polar surface area (TPSA) is 105 Å². The molecule has 0 fully saturated rings. The number of carboxylic acid groups (broad SMARTS) is 1. The second-order valence-electron chi connectivity index (χ2n) is 2.47. The van der Waals surface area contributed by atoms with Crippen LogP contribution in [0, 0.1) is 0 Å². The van der Waals surface area contributed by atoms with Gasteiger partial charge in [0, 0.05) is 11.8 Å². The van der Waals surface area contributed by atoms with E-state index in [1.54, 1.807) is 6.07 Å². The quantitative estimate of drug-likeness (QED) is 0.690. The smallest absolute Gasteiger partial charge is 0.354 e. The second kappa shape index (κ2) is 3.21.